The van der Waals surface area contributed by atoms with Crippen LogP contribution in [0.2, 0.25) is 0 Å². The molecule has 60 valence electrons. The SMILES string of the molecule is Nc1nc(F)c(I)c(I)c1I. The van der Waals surface area contributed by atoms with Crippen LogP contribution in [0.3, 0.4) is 0 Å². The molecule has 0 saturated carbocycles. The number of halogens is 4. The molecule has 1 aromatic heterocycles. The number of nitrogens with zero attached hydrogens (tertiary/aromatic N) is 1. The molecule has 11 heavy (non-hydrogen) atoms. The Morgan fingerprint density at radius 3 is 2.18 bits per heavy atom. The van der Waals surface area contributed by atoms with Gasteiger partial charge in [-0.2, -0.15) is 4.39 Å². The number of aromatic nitrogens is 1. The summed E-state index contributed by atoms with van der Waals surface area (Å²) in [6.07, 6.45) is 0. The zero-order chi connectivity index (χ0) is 8.59. The molecule has 0 spiro atoms. The summed E-state index contributed by atoms with van der Waals surface area (Å²) < 4.78 is 15.0. The van der Waals surface area contributed by atoms with Gasteiger partial charge in [0.1, 0.15) is 5.82 Å². The number of anilines is 1. The van der Waals surface area contributed by atoms with E-state index >= 15 is 0 Å². The van der Waals surface area contributed by atoms with Crippen LogP contribution in [0.15, 0.2) is 0 Å². The summed E-state index contributed by atoms with van der Waals surface area (Å²) in [6, 6.07) is 0. The Bertz CT molecular complexity index is 276. The molecule has 0 saturated heterocycles. The molecule has 0 bridgehead atoms. The summed E-state index contributed by atoms with van der Waals surface area (Å²) in [5.74, 6) is -0.235. The second kappa shape index (κ2) is 3.85. The Kier molecular flexibility index (Phi) is 3.56. The van der Waals surface area contributed by atoms with Crippen molar-refractivity contribution in [3.8, 4) is 0 Å². The first-order valence-corrected chi connectivity index (χ1v) is 5.73. The number of rotatable bonds is 0. The maximum atomic E-state index is 12.8. The Morgan fingerprint density at radius 1 is 1.09 bits per heavy atom. The summed E-state index contributed by atoms with van der Waals surface area (Å²) >= 11 is 6.00. The van der Waals surface area contributed by atoms with Crippen molar-refractivity contribution >= 4 is 73.6 Å². The maximum Gasteiger partial charge on any atom is 0.229 e. The van der Waals surface area contributed by atoms with E-state index in [1.54, 1.807) is 0 Å². The molecule has 1 aromatic rings. The topological polar surface area (TPSA) is 38.9 Å². The largest absolute Gasteiger partial charge is 0.383 e. The molecule has 1 rings (SSSR count). The summed E-state index contributed by atoms with van der Waals surface area (Å²) in [5.41, 5.74) is 5.42. The Morgan fingerprint density at radius 2 is 1.64 bits per heavy atom. The fourth-order valence-electron chi connectivity index (χ4n) is 0.503. The summed E-state index contributed by atoms with van der Waals surface area (Å²) in [4.78, 5) is 3.52. The highest BCUT2D eigenvalue weighted by Crippen LogP contribution is 2.25. The van der Waals surface area contributed by atoms with E-state index in [0.717, 1.165) is 7.14 Å². The average Bonchev–Trinajstić information content (AvgIpc) is 1.97. The van der Waals surface area contributed by atoms with E-state index < -0.39 is 5.95 Å². The van der Waals surface area contributed by atoms with Gasteiger partial charge in [0.05, 0.1) is 7.14 Å². The normalized spacial score (nSPS) is 10.2. The van der Waals surface area contributed by atoms with Crippen molar-refractivity contribution in [3.63, 3.8) is 0 Å². The van der Waals surface area contributed by atoms with Crippen LogP contribution in [-0.2, 0) is 0 Å². The minimum absolute atomic E-state index is 0.257. The average molecular weight is 490 g/mol. The predicted octanol–water partition coefficient (Wildman–Crippen LogP) is 2.62. The van der Waals surface area contributed by atoms with E-state index in [9.17, 15) is 4.39 Å². The van der Waals surface area contributed by atoms with Crippen LogP contribution in [0.1, 0.15) is 0 Å². The number of pyridine rings is 1. The van der Waals surface area contributed by atoms with E-state index in [4.69, 9.17) is 5.73 Å². The highest BCUT2D eigenvalue weighted by atomic mass is 127. The van der Waals surface area contributed by atoms with Crippen LogP contribution in [0.25, 0.3) is 0 Å². The van der Waals surface area contributed by atoms with Gasteiger partial charge in [0.25, 0.3) is 0 Å². The van der Waals surface area contributed by atoms with Gasteiger partial charge in [-0.1, -0.05) is 0 Å². The molecule has 1 heterocycles. The van der Waals surface area contributed by atoms with Crippen LogP contribution in [-0.4, -0.2) is 4.98 Å². The molecular weight excluding hydrogens is 488 g/mol. The first-order chi connectivity index (χ1) is 5.04. The van der Waals surface area contributed by atoms with Crippen molar-refractivity contribution in [1.29, 1.82) is 0 Å². The second-order valence-corrected chi connectivity index (χ2v) is 4.97. The third-order valence-electron chi connectivity index (χ3n) is 1.01. The molecule has 0 radical (unpaired) electrons. The van der Waals surface area contributed by atoms with Crippen molar-refractivity contribution in [1.82, 2.24) is 4.98 Å². The Labute approximate surface area is 104 Å². The maximum absolute atomic E-state index is 12.8. The summed E-state index contributed by atoms with van der Waals surface area (Å²) in [7, 11) is 0. The lowest BCUT2D eigenvalue weighted by molar-refractivity contribution is 0.576. The quantitative estimate of drug-likeness (QED) is 0.450. The Balaban J connectivity index is 3.46. The van der Waals surface area contributed by atoms with Crippen LogP contribution in [0, 0.1) is 16.7 Å². The lowest BCUT2D eigenvalue weighted by Crippen LogP contribution is -2.02. The van der Waals surface area contributed by atoms with Gasteiger partial charge < -0.3 is 5.73 Å². The molecular formula is C5H2FI3N2. The van der Waals surface area contributed by atoms with E-state index in [0.29, 0.717) is 3.57 Å². The summed E-state index contributed by atoms with van der Waals surface area (Å²) in [5, 5.41) is 0. The van der Waals surface area contributed by atoms with Gasteiger partial charge in [-0.05, 0) is 67.8 Å². The van der Waals surface area contributed by atoms with Crippen molar-refractivity contribution in [2.24, 2.45) is 0 Å². The van der Waals surface area contributed by atoms with Gasteiger partial charge in [-0.15, -0.1) is 0 Å². The molecule has 0 aromatic carbocycles. The van der Waals surface area contributed by atoms with Crippen molar-refractivity contribution in [2.45, 2.75) is 0 Å². The van der Waals surface area contributed by atoms with Gasteiger partial charge in [0.2, 0.25) is 5.95 Å². The predicted molar refractivity (Wildman–Crippen MR) is 66.8 cm³/mol. The zero-order valence-electron chi connectivity index (χ0n) is 5.04. The van der Waals surface area contributed by atoms with E-state index in [-0.39, 0.29) is 5.82 Å². The first-order valence-electron chi connectivity index (χ1n) is 2.49. The fourth-order valence-corrected chi connectivity index (χ4v) is 2.30. The molecule has 0 amide bonds. The minimum Gasteiger partial charge on any atom is -0.383 e. The minimum atomic E-state index is -0.493. The van der Waals surface area contributed by atoms with Gasteiger partial charge >= 0.3 is 0 Å². The van der Waals surface area contributed by atoms with Crippen LogP contribution < -0.4 is 5.73 Å². The third kappa shape index (κ3) is 2.05. The van der Waals surface area contributed by atoms with E-state index in [2.05, 4.69) is 4.98 Å². The number of hydrogen-bond donors (Lipinski definition) is 1. The van der Waals surface area contributed by atoms with Crippen LogP contribution >= 0.6 is 67.8 Å². The zero-order valence-corrected chi connectivity index (χ0v) is 11.5. The molecule has 0 aliphatic carbocycles. The highest BCUT2D eigenvalue weighted by molar-refractivity contribution is 14.1. The van der Waals surface area contributed by atoms with Crippen LogP contribution in [0.4, 0.5) is 10.2 Å². The van der Waals surface area contributed by atoms with Crippen molar-refractivity contribution in [2.75, 3.05) is 5.73 Å². The molecule has 2 nitrogen and oxygen atoms in total. The molecule has 6 heteroatoms. The number of hydrogen-bond acceptors (Lipinski definition) is 2. The smallest absolute Gasteiger partial charge is 0.229 e. The third-order valence-corrected chi connectivity index (χ3v) is 6.23. The van der Waals surface area contributed by atoms with E-state index in [1.165, 1.54) is 0 Å². The van der Waals surface area contributed by atoms with Crippen LogP contribution in [0.5, 0.6) is 0 Å². The first kappa shape index (κ1) is 10.2. The number of nitrogen functional groups attached to an aromatic ring is 1. The van der Waals surface area contributed by atoms with Crippen molar-refractivity contribution in [3.05, 3.63) is 16.7 Å². The lowest BCUT2D eigenvalue weighted by atomic mass is 10.5. The van der Waals surface area contributed by atoms with Gasteiger partial charge in [0.15, 0.2) is 0 Å². The summed E-state index contributed by atoms with van der Waals surface area (Å²) in [6.45, 7) is 0. The monoisotopic (exact) mass is 490 g/mol. The standard InChI is InChI=1S/C5H2FI3N2/c6-4-2(8)1(7)3(9)5(10)11-4/h(H2,10,11). The van der Waals surface area contributed by atoms with E-state index in [1.807, 2.05) is 67.8 Å². The molecule has 0 atom stereocenters. The molecule has 2 N–H and O–H groups in total. The molecule has 0 aliphatic rings. The Hall–Kier alpha value is 1.07. The lowest BCUT2D eigenvalue weighted by Gasteiger charge is -2.02. The molecule has 0 fully saturated rings. The highest BCUT2D eigenvalue weighted by Gasteiger charge is 2.11. The van der Waals surface area contributed by atoms with Gasteiger partial charge in [-0.3, -0.25) is 0 Å². The molecule has 0 aliphatic heterocycles. The second-order valence-electron chi connectivity index (χ2n) is 1.73. The number of nitrogens with two attached hydrogens (primary N) is 1. The fraction of sp³-hybridized carbons (Fsp3) is 0. The van der Waals surface area contributed by atoms with Crippen molar-refractivity contribution < 1.29 is 4.39 Å². The van der Waals surface area contributed by atoms with Gasteiger partial charge in [-0.25, -0.2) is 4.98 Å². The molecule has 0 unspecified atom stereocenters. The van der Waals surface area contributed by atoms with Gasteiger partial charge in [0, 0.05) is 3.57 Å².